The van der Waals surface area contributed by atoms with Gasteiger partial charge in [0.15, 0.2) is 0 Å². The monoisotopic (exact) mass is 318 g/mol. The lowest BCUT2D eigenvalue weighted by atomic mass is 10.0. The molecule has 3 rings (SSSR count). The van der Waals surface area contributed by atoms with E-state index in [0.29, 0.717) is 24.4 Å². The Balaban J connectivity index is 1.77. The van der Waals surface area contributed by atoms with E-state index < -0.39 is 6.10 Å². The van der Waals surface area contributed by atoms with Crippen molar-refractivity contribution in [3.63, 3.8) is 0 Å². The number of aromatic nitrogens is 3. The van der Waals surface area contributed by atoms with Crippen molar-refractivity contribution >= 4 is 5.91 Å². The summed E-state index contributed by atoms with van der Waals surface area (Å²) in [6.07, 6.45) is 6.84. The van der Waals surface area contributed by atoms with Crippen LogP contribution in [0.1, 0.15) is 54.5 Å². The van der Waals surface area contributed by atoms with Crippen molar-refractivity contribution in [2.45, 2.75) is 44.2 Å². The largest absolute Gasteiger partial charge is 0.467 e. The van der Waals surface area contributed by atoms with Crippen molar-refractivity contribution in [2.75, 3.05) is 6.54 Å². The molecular formula is C16H22N4O3. The van der Waals surface area contributed by atoms with Crippen molar-refractivity contribution in [2.24, 2.45) is 7.05 Å². The summed E-state index contributed by atoms with van der Waals surface area (Å²) in [6, 6.07) is 3.51. The third-order valence-electron chi connectivity index (χ3n) is 4.44. The molecule has 0 bridgehead atoms. The summed E-state index contributed by atoms with van der Waals surface area (Å²) in [5, 5.41) is 18.0. The first kappa shape index (κ1) is 15.7. The molecule has 0 saturated carbocycles. The first-order valence-electron chi connectivity index (χ1n) is 8.04. The second-order valence-electron chi connectivity index (χ2n) is 6.01. The van der Waals surface area contributed by atoms with E-state index in [1.807, 2.05) is 4.90 Å². The molecule has 2 aromatic heterocycles. The fourth-order valence-electron chi connectivity index (χ4n) is 3.17. The maximum atomic E-state index is 12.8. The van der Waals surface area contributed by atoms with Crippen molar-refractivity contribution < 1.29 is 14.3 Å². The third kappa shape index (κ3) is 3.44. The molecule has 1 saturated heterocycles. The molecular weight excluding hydrogens is 296 g/mol. The zero-order chi connectivity index (χ0) is 16.2. The number of rotatable bonds is 4. The van der Waals surface area contributed by atoms with Crippen LogP contribution in [-0.2, 0) is 7.05 Å². The Kier molecular flexibility index (Phi) is 4.76. The zero-order valence-corrected chi connectivity index (χ0v) is 13.3. The van der Waals surface area contributed by atoms with Crippen LogP contribution in [0.3, 0.4) is 0 Å². The van der Waals surface area contributed by atoms with Gasteiger partial charge < -0.3 is 14.4 Å². The van der Waals surface area contributed by atoms with Crippen LogP contribution in [0.4, 0.5) is 0 Å². The summed E-state index contributed by atoms with van der Waals surface area (Å²) in [5.41, 5.74) is 0.476. The smallest absolute Gasteiger partial charge is 0.274 e. The second-order valence-corrected chi connectivity index (χ2v) is 6.01. The van der Waals surface area contributed by atoms with Gasteiger partial charge in [-0.2, -0.15) is 0 Å². The Morgan fingerprint density at radius 2 is 2.35 bits per heavy atom. The summed E-state index contributed by atoms with van der Waals surface area (Å²) in [6.45, 7) is 0.694. The maximum Gasteiger partial charge on any atom is 0.274 e. The summed E-state index contributed by atoms with van der Waals surface area (Å²) < 4.78 is 6.77. The average molecular weight is 318 g/mol. The van der Waals surface area contributed by atoms with Crippen molar-refractivity contribution in [3.05, 3.63) is 36.0 Å². The Hall–Kier alpha value is -2.15. The number of aryl methyl sites for hydroxylation is 1. The average Bonchev–Trinajstić information content (AvgIpc) is 3.16. The van der Waals surface area contributed by atoms with E-state index in [4.69, 9.17) is 4.42 Å². The quantitative estimate of drug-likeness (QED) is 0.931. The Morgan fingerprint density at radius 1 is 1.48 bits per heavy atom. The van der Waals surface area contributed by atoms with E-state index in [0.717, 1.165) is 25.7 Å². The van der Waals surface area contributed by atoms with Crippen LogP contribution in [0.2, 0.25) is 0 Å². The van der Waals surface area contributed by atoms with E-state index in [1.165, 1.54) is 10.9 Å². The summed E-state index contributed by atoms with van der Waals surface area (Å²) in [4.78, 5) is 14.7. The lowest BCUT2D eigenvalue weighted by molar-refractivity contribution is 0.0547. The minimum Gasteiger partial charge on any atom is -0.467 e. The van der Waals surface area contributed by atoms with Gasteiger partial charge in [-0.1, -0.05) is 18.1 Å². The lowest BCUT2D eigenvalue weighted by Gasteiger charge is -2.31. The van der Waals surface area contributed by atoms with Gasteiger partial charge in [0.1, 0.15) is 17.6 Å². The number of amides is 1. The molecule has 1 aliphatic rings. The molecule has 7 heteroatoms. The summed E-state index contributed by atoms with van der Waals surface area (Å²) in [7, 11) is 1.71. The van der Waals surface area contributed by atoms with Gasteiger partial charge >= 0.3 is 0 Å². The molecule has 2 aromatic rings. The Bertz CT molecular complexity index is 638. The molecule has 124 valence electrons. The van der Waals surface area contributed by atoms with Crippen molar-refractivity contribution in [3.8, 4) is 0 Å². The molecule has 7 nitrogen and oxygen atoms in total. The molecule has 2 atom stereocenters. The highest BCUT2D eigenvalue weighted by molar-refractivity contribution is 5.92. The highest BCUT2D eigenvalue weighted by Gasteiger charge is 2.30. The van der Waals surface area contributed by atoms with Crippen LogP contribution < -0.4 is 0 Å². The number of furan rings is 1. The van der Waals surface area contributed by atoms with Gasteiger partial charge in [0.25, 0.3) is 5.91 Å². The first-order chi connectivity index (χ1) is 11.2. The van der Waals surface area contributed by atoms with E-state index in [1.54, 1.807) is 25.4 Å². The lowest BCUT2D eigenvalue weighted by Crippen LogP contribution is -2.41. The van der Waals surface area contributed by atoms with Crippen LogP contribution in [0.15, 0.2) is 29.0 Å². The van der Waals surface area contributed by atoms with Gasteiger partial charge in [0.2, 0.25) is 0 Å². The third-order valence-corrected chi connectivity index (χ3v) is 4.44. The molecule has 0 unspecified atom stereocenters. The van der Waals surface area contributed by atoms with E-state index in [-0.39, 0.29) is 11.9 Å². The van der Waals surface area contributed by atoms with Gasteiger partial charge in [-0.05, 0) is 25.0 Å². The maximum absolute atomic E-state index is 12.8. The number of likely N-dealkylation sites (tertiary alicyclic amines) is 1. The van der Waals surface area contributed by atoms with Crippen molar-refractivity contribution in [1.29, 1.82) is 0 Å². The highest BCUT2D eigenvalue weighted by Crippen LogP contribution is 2.27. The predicted molar refractivity (Wildman–Crippen MR) is 82.6 cm³/mol. The van der Waals surface area contributed by atoms with Gasteiger partial charge in [-0.3, -0.25) is 4.79 Å². The van der Waals surface area contributed by atoms with Crippen LogP contribution in [0.5, 0.6) is 0 Å². The fourth-order valence-corrected chi connectivity index (χ4v) is 3.17. The molecule has 1 fully saturated rings. The summed E-state index contributed by atoms with van der Waals surface area (Å²) >= 11 is 0. The molecule has 0 aliphatic carbocycles. The number of hydrogen-bond donors (Lipinski definition) is 1. The topological polar surface area (TPSA) is 84.4 Å². The number of aliphatic hydroxyl groups excluding tert-OH is 1. The van der Waals surface area contributed by atoms with Crippen LogP contribution >= 0.6 is 0 Å². The van der Waals surface area contributed by atoms with Crippen LogP contribution in [0.25, 0.3) is 0 Å². The second kappa shape index (κ2) is 6.95. The minimum atomic E-state index is -0.701. The first-order valence-corrected chi connectivity index (χ1v) is 8.04. The molecule has 1 amide bonds. The van der Waals surface area contributed by atoms with Crippen molar-refractivity contribution in [1.82, 2.24) is 19.9 Å². The fraction of sp³-hybridized carbons (Fsp3) is 0.562. The zero-order valence-electron chi connectivity index (χ0n) is 13.3. The normalized spacial score (nSPS) is 20.3. The predicted octanol–water partition coefficient (Wildman–Crippen LogP) is 1.92. The molecule has 0 spiro atoms. The van der Waals surface area contributed by atoms with Gasteiger partial charge in [-0.15, -0.1) is 5.10 Å². The van der Waals surface area contributed by atoms with Crippen LogP contribution in [-0.4, -0.2) is 43.5 Å². The SMILES string of the molecule is Cn1nncc1C(=O)N1CCCCC[C@@H]1C[C@H](O)c1ccco1. The van der Waals surface area contributed by atoms with Gasteiger partial charge in [-0.25, -0.2) is 4.68 Å². The van der Waals surface area contributed by atoms with Gasteiger partial charge in [0, 0.05) is 26.1 Å². The van der Waals surface area contributed by atoms with Crippen LogP contribution in [0, 0.1) is 0 Å². The van der Waals surface area contributed by atoms with Gasteiger partial charge in [0.05, 0.1) is 12.5 Å². The standard InChI is InChI=1S/C16H22N4O3/c1-19-13(11-17-18-19)16(22)20-8-4-2-3-6-12(20)10-14(21)15-7-5-9-23-15/h5,7,9,11-12,14,21H,2-4,6,8,10H2,1H3/t12-,14+/m1/s1. The minimum absolute atomic E-state index is 0.0139. The molecule has 1 N–H and O–H groups in total. The molecule has 3 heterocycles. The Labute approximate surface area is 134 Å². The summed E-state index contributed by atoms with van der Waals surface area (Å²) in [5.74, 6) is 0.472. The number of nitrogens with zero attached hydrogens (tertiary/aromatic N) is 4. The molecule has 1 aliphatic heterocycles. The van der Waals surface area contributed by atoms with E-state index >= 15 is 0 Å². The highest BCUT2D eigenvalue weighted by atomic mass is 16.4. The number of carbonyl (C=O) groups is 1. The molecule has 23 heavy (non-hydrogen) atoms. The molecule has 0 aromatic carbocycles. The number of hydrogen-bond acceptors (Lipinski definition) is 5. The number of carbonyl (C=O) groups excluding carboxylic acids is 1. The van der Waals surface area contributed by atoms with E-state index in [2.05, 4.69) is 10.3 Å². The Morgan fingerprint density at radius 3 is 3.04 bits per heavy atom. The van der Waals surface area contributed by atoms with E-state index in [9.17, 15) is 9.90 Å². The molecule has 0 radical (unpaired) electrons. The number of aliphatic hydroxyl groups is 1.